The molecule has 0 atom stereocenters. The number of halogens is 1. The van der Waals surface area contributed by atoms with Gasteiger partial charge in [0.05, 0.1) is 13.2 Å². The van der Waals surface area contributed by atoms with E-state index in [9.17, 15) is 4.39 Å². The summed E-state index contributed by atoms with van der Waals surface area (Å²) in [6.45, 7) is 6.19. The fraction of sp³-hybridized carbons (Fsp3) is 0.824. The van der Waals surface area contributed by atoms with Crippen LogP contribution in [0.5, 0.6) is 11.5 Å². The molecular weight excluding hydrogens is 459 g/mol. The molecule has 0 aliphatic heterocycles. The summed E-state index contributed by atoms with van der Waals surface area (Å²) < 4.78 is 26.8. The Balaban J connectivity index is 0.989. The molecule has 0 aromatic heterocycles. The molecule has 3 heteroatoms. The molecule has 4 aliphatic carbocycles. The van der Waals surface area contributed by atoms with Crippen molar-refractivity contribution >= 4 is 0 Å². The van der Waals surface area contributed by atoms with Crippen LogP contribution >= 0.6 is 0 Å². The van der Waals surface area contributed by atoms with Crippen LogP contribution in [0.4, 0.5) is 4.39 Å². The van der Waals surface area contributed by atoms with Gasteiger partial charge in [-0.3, -0.25) is 0 Å². The van der Waals surface area contributed by atoms with Crippen LogP contribution in [0.2, 0.25) is 0 Å². The second kappa shape index (κ2) is 13.2. The van der Waals surface area contributed by atoms with Gasteiger partial charge < -0.3 is 9.47 Å². The third kappa shape index (κ3) is 7.66. The van der Waals surface area contributed by atoms with Gasteiger partial charge in [0.2, 0.25) is 0 Å². The first kappa shape index (κ1) is 27.3. The molecule has 0 bridgehead atoms. The second-order valence-electron chi connectivity index (χ2n) is 13.8. The molecule has 4 saturated carbocycles. The Labute approximate surface area is 226 Å². The Bertz CT molecular complexity index is 807. The van der Waals surface area contributed by atoms with E-state index < -0.39 is 0 Å². The van der Waals surface area contributed by atoms with Gasteiger partial charge in [0.25, 0.3) is 0 Å². The molecular formula is C34H53FO2. The standard InChI is InChI=1S/C34H53FO2/c1-24-3-11-28(12-4-24)30-15-7-26(8-16-30)22-36-32-19-20-34(33(35)21-32)37-23-27-9-17-31(18-10-27)29-13-5-25(2)6-14-29/h19-21,24-31H,3-18,22-23H2,1-2H3. The monoisotopic (exact) mass is 512 g/mol. The van der Waals surface area contributed by atoms with Crippen molar-refractivity contribution in [3.63, 3.8) is 0 Å². The largest absolute Gasteiger partial charge is 0.493 e. The highest BCUT2D eigenvalue weighted by molar-refractivity contribution is 5.33. The zero-order valence-corrected chi connectivity index (χ0v) is 23.8. The van der Waals surface area contributed by atoms with Gasteiger partial charge in [-0.2, -0.15) is 0 Å². The maximum absolute atomic E-state index is 14.8. The van der Waals surface area contributed by atoms with Crippen molar-refractivity contribution in [2.24, 2.45) is 47.3 Å². The van der Waals surface area contributed by atoms with Crippen LogP contribution in [0.25, 0.3) is 0 Å². The Morgan fingerprint density at radius 1 is 0.568 bits per heavy atom. The van der Waals surface area contributed by atoms with Crippen molar-refractivity contribution in [3.05, 3.63) is 24.0 Å². The lowest BCUT2D eigenvalue weighted by Gasteiger charge is -2.37. The molecule has 0 N–H and O–H groups in total. The fourth-order valence-corrected chi connectivity index (χ4v) is 8.28. The molecule has 0 saturated heterocycles. The quantitative estimate of drug-likeness (QED) is 0.345. The highest BCUT2D eigenvalue weighted by atomic mass is 19.1. The molecule has 5 rings (SSSR count). The van der Waals surface area contributed by atoms with Gasteiger partial charge in [-0.05, 0) is 137 Å². The molecule has 0 unspecified atom stereocenters. The van der Waals surface area contributed by atoms with Gasteiger partial charge in [-0.15, -0.1) is 0 Å². The molecule has 208 valence electrons. The molecule has 4 aliphatic rings. The summed E-state index contributed by atoms with van der Waals surface area (Å²) in [4.78, 5) is 0. The molecule has 0 heterocycles. The lowest BCUT2D eigenvalue weighted by atomic mass is 9.69. The van der Waals surface area contributed by atoms with E-state index in [-0.39, 0.29) is 5.82 Å². The predicted octanol–water partition coefficient (Wildman–Crippen LogP) is 9.85. The average molecular weight is 513 g/mol. The summed E-state index contributed by atoms with van der Waals surface area (Å²) in [7, 11) is 0. The van der Waals surface area contributed by atoms with Gasteiger partial charge in [0, 0.05) is 6.07 Å². The smallest absolute Gasteiger partial charge is 0.168 e. The first-order valence-corrected chi connectivity index (χ1v) is 16.1. The van der Waals surface area contributed by atoms with Crippen molar-refractivity contribution in [2.75, 3.05) is 13.2 Å². The minimum absolute atomic E-state index is 0.280. The van der Waals surface area contributed by atoms with Gasteiger partial charge in [0.15, 0.2) is 11.6 Å². The van der Waals surface area contributed by atoms with Crippen LogP contribution < -0.4 is 9.47 Å². The van der Waals surface area contributed by atoms with Crippen LogP contribution in [0.3, 0.4) is 0 Å². The van der Waals surface area contributed by atoms with Gasteiger partial charge in [-0.25, -0.2) is 4.39 Å². The minimum atomic E-state index is -0.280. The number of ether oxygens (including phenoxy) is 2. The van der Waals surface area contributed by atoms with Crippen LogP contribution in [-0.2, 0) is 0 Å². The summed E-state index contributed by atoms with van der Waals surface area (Å²) in [5.41, 5.74) is 0. The van der Waals surface area contributed by atoms with Gasteiger partial charge in [-0.1, -0.05) is 39.5 Å². The van der Waals surface area contributed by atoms with Crippen molar-refractivity contribution in [2.45, 2.75) is 117 Å². The number of rotatable bonds is 8. The van der Waals surface area contributed by atoms with Crippen molar-refractivity contribution in [1.82, 2.24) is 0 Å². The average Bonchev–Trinajstić information content (AvgIpc) is 2.93. The van der Waals surface area contributed by atoms with Crippen LogP contribution in [0.1, 0.15) is 117 Å². The van der Waals surface area contributed by atoms with E-state index in [0.717, 1.165) is 42.1 Å². The Morgan fingerprint density at radius 2 is 0.973 bits per heavy atom. The van der Waals surface area contributed by atoms with Crippen LogP contribution in [0, 0.1) is 53.2 Å². The molecule has 37 heavy (non-hydrogen) atoms. The van der Waals surface area contributed by atoms with E-state index in [1.165, 1.54) is 109 Å². The first-order chi connectivity index (χ1) is 18.0. The lowest BCUT2D eigenvalue weighted by Crippen LogP contribution is -2.27. The molecule has 2 nitrogen and oxygen atoms in total. The van der Waals surface area contributed by atoms with E-state index in [1.807, 2.05) is 6.07 Å². The zero-order valence-electron chi connectivity index (χ0n) is 23.8. The van der Waals surface area contributed by atoms with Gasteiger partial charge in [0.1, 0.15) is 5.75 Å². The van der Waals surface area contributed by atoms with Crippen LogP contribution in [-0.4, -0.2) is 13.2 Å². The third-order valence-corrected chi connectivity index (χ3v) is 11.1. The molecule has 4 fully saturated rings. The van der Waals surface area contributed by atoms with Gasteiger partial charge >= 0.3 is 0 Å². The Hall–Kier alpha value is -1.25. The third-order valence-electron chi connectivity index (χ3n) is 11.1. The minimum Gasteiger partial charge on any atom is -0.493 e. The SMILES string of the molecule is CC1CCC(C2CCC(COc3ccc(OCC4CCC(C5CCC(C)CC5)CC4)c(F)c3)CC2)CC1. The maximum Gasteiger partial charge on any atom is 0.168 e. The number of benzene rings is 1. The summed E-state index contributed by atoms with van der Waals surface area (Å²) >= 11 is 0. The van der Waals surface area contributed by atoms with E-state index in [2.05, 4.69) is 13.8 Å². The zero-order chi connectivity index (χ0) is 25.6. The van der Waals surface area contributed by atoms with Crippen molar-refractivity contribution < 1.29 is 13.9 Å². The van der Waals surface area contributed by atoms with E-state index in [1.54, 1.807) is 6.07 Å². The molecule has 0 amide bonds. The highest BCUT2D eigenvalue weighted by Crippen LogP contribution is 2.42. The predicted molar refractivity (Wildman–Crippen MR) is 151 cm³/mol. The molecule has 0 radical (unpaired) electrons. The summed E-state index contributed by atoms with van der Waals surface area (Å²) in [6.07, 6.45) is 21.9. The fourth-order valence-electron chi connectivity index (χ4n) is 8.28. The summed E-state index contributed by atoms with van der Waals surface area (Å²) in [5, 5.41) is 0. The molecule has 1 aromatic rings. The van der Waals surface area contributed by atoms with Crippen molar-refractivity contribution in [3.8, 4) is 11.5 Å². The Kier molecular flexibility index (Phi) is 9.75. The van der Waals surface area contributed by atoms with Crippen molar-refractivity contribution in [1.29, 1.82) is 0 Å². The summed E-state index contributed by atoms with van der Waals surface area (Å²) in [6, 6.07) is 5.21. The summed E-state index contributed by atoms with van der Waals surface area (Å²) in [5.74, 6) is 7.59. The van der Waals surface area contributed by atoms with E-state index in [0.29, 0.717) is 29.9 Å². The molecule has 0 spiro atoms. The normalized spacial score (nSPS) is 37.2. The molecule has 1 aromatic carbocycles. The highest BCUT2D eigenvalue weighted by Gasteiger charge is 2.31. The van der Waals surface area contributed by atoms with E-state index >= 15 is 0 Å². The second-order valence-corrected chi connectivity index (χ2v) is 13.8. The van der Waals surface area contributed by atoms with E-state index in [4.69, 9.17) is 9.47 Å². The Morgan fingerprint density at radius 3 is 1.41 bits per heavy atom. The number of hydrogen-bond acceptors (Lipinski definition) is 2. The first-order valence-electron chi connectivity index (χ1n) is 16.1. The number of hydrogen-bond donors (Lipinski definition) is 0. The topological polar surface area (TPSA) is 18.5 Å². The maximum atomic E-state index is 14.8. The lowest BCUT2D eigenvalue weighted by molar-refractivity contribution is 0.123. The van der Waals surface area contributed by atoms with Crippen LogP contribution in [0.15, 0.2) is 18.2 Å².